The molecule has 6 heteroatoms. The molecule has 0 saturated heterocycles. The predicted octanol–water partition coefficient (Wildman–Crippen LogP) is 5.60. The minimum absolute atomic E-state index is 0.0416. The Morgan fingerprint density at radius 3 is 2.46 bits per heavy atom. The molecule has 1 amide bonds. The van der Waals surface area contributed by atoms with Gasteiger partial charge < -0.3 is 15.2 Å². The summed E-state index contributed by atoms with van der Waals surface area (Å²) in [5, 5.41) is 1.86. The Bertz CT molecular complexity index is 1490. The first-order valence-corrected chi connectivity index (χ1v) is 13.6. The van der Waals surface area contributed by atoms with Gasteiger partial charge in [-0.3, -0.25) is 9.59 Å². The van der Waals surface area contributed by atoms with Gasteiger partial charge in [-0.1, -0.05) is 32.0 Å². The molecule has 0 radical (unpaired) electrons. The molecule has 0 fully saturated rings. The Morgan fingerprint density at radius 1 is 1.00 bits per heavy atom. The van der Waals surface area contributed by atoms with Crippen molar-refractivity contribution in [2.24, 2.45) is 10.7 Å². The first-order valence-electron chi connectivity index (χ1n) is 13.6. The molecule has 2 aromatic carbocycles. The molecule has 1 aliphatic carbocycles. The largest absolute Gasteiger partial charge is 0.387 e. The standard InChI is InChI=1S/C31H36N4O2/c1-4-14-34(15-5-2)30(36)23-16-22-11-10-21(18-27(22)33-29(32)19-23)20-12-13-25-26(17-20)24-8-7-9-28(24)35(6-3)31(25)37/h10-13,16-18H,4-9,14-15,19H2,1-3H3,(H2,32,33). The number of aliphatic imine (C=N–C) groups is 1. The molecule has 2 N–H and O–H groups in total. The highest BCUT2D eigenvalue weighted by atomic mass is 16.2. The van der Waals surface area contributed by atoms with Gasteiger partial charge in [-0.15, -0.1) is 0 Å². The molecule has 0 atom stereocenters. The summed E-state index contributed by atoms with van der Waals surface area (Å²) in [6, 6.07) is 12.3. The molecule has 5 rings (SSSR count). The van der Waals surface area contributed by atoms with Gasteiger partial charge in [0, 0.05) is 48.3 Å². The van der Waals surface area contributed by atoms with E-state index < -0.39 is 0 Å². The van der Waals surface area contributed by atoms with Crippen LogP contribution in [0.15, 0.2) is 51.8 Å². The van der Waals surface area contributed by atoms with Crippen LogP contribution in [-0.2, 0) is 24.2 Å². The number of hydrogen-bond acceptors (Lipinski definition) is 4. The Balaban J connectivity index is 1.55. The molecule has 2 heterocycles. The lowest BCUT2D eigenvalue weighted by atomic mass is 9.96. The van der Waals surface area contributed by atoms with Crippen LogP contribution < -0.4 is 11.3 Å². The van der Waals surface area contributed by atoms with Crippen molar-refractivity contribution in [3.05, 3.63) is 69.1 Å². The van der Waals surface area contributed by atoms with Gasteiger partial charge in [-0.2, -0.15) is 0 Å². The number of pyridine rings is 1. The molecule has 0 unspecified atom stereocenters. The number of rotatable bonds is 7. The second kappa shape index (κ2) is 10.4. The maximum Gasteiger partial charge on any atom is 0.258 e. The Labute approximate surface area is 218 Å². The third-order valence-electron chi connectivity index (χ3n) is 7.53. The maximum absolute atomic E-state index is 13.3. The van der Waals surface area contributed by atoms with Crippen molar-refractivity contribution >= 4 is 34.3 Å². The van der Waals surface area contributed by atoms with Crippen LogP contribution in [0.3, 0.4) is 0 Å². The van der Waals surface area contributed by atoms with E-state index >= 15 is 0 Å². The van der Waals surface area contributed by atoms with Crippen molar-refractivity contribution < 1.29 is 4.79 Å². The first kappa shape index (κ1) is 25.0. The predicted molar refractivity (Wildman–Crippen MR) is 152 cm³/mol. The summed E-state index contributed by atoms with van der Waals surface area (Å²) < 4.78 is 1.94. The van der Waals surface area contributed by atoms with Crippen LogP contribution >= 0.6 is 0 Å². The van der Waals surface area contributed by atoms with Gasteiger partial charge in [0.1, 0.15) is 5.84 Å². The van der Waals surface area contributed by atoms with E-state index in [1.165, 1.54) is 11.3 Å². The smallest absolute Gasteiger partial charge is 0.258 e. The number of aromatic nitrogens is 1. The van der Waals surface area contributed by atoms with Gasteiger partial charge in [-0.05, 0) is 85.4 Å². The van der Waals surface area contributed by atoms with E-state index in [2.05, 4.69) is 31.0 Å². The monoisotopic (exact) mass is 496 g/mol. The molecular formula is C31H36N4O2. The molecule has 192 valence electrons. The zero-order valence-electron chi connectivity index (χ0n) is 22.1. The van der Waals surface area contributed by atoms with Crippen LogP contribution in [0, 0.1) is 0 Å². The van der Waals surface area contributed by atoms with Crippen LogP contribution in [0.4, 0.5) is 5.69 Å². The summed E-state index contributed by atoms with van der Waals surface area (Å²) in [7, 11) is 0. The van der Waals surface area contributed by atoms with E-state index in [4.69, 9.17) is 5.73 Å². The highest BCUT2D eigenvalue weighted by Gasteiger charge is 2.22. The van der Waals surface area contributed by atoms with E-state index in [1.807, 2.05) is 46.7 Å². The number of carbonyl (C=O) groups is 1. The Hall–Kier alpha value is -3.67. The number of amides is 1. The first-order chi connectivity index (χ1) is 17.9. The van der Waals surface area contributed by atoms with Crippen LogP contribution in [0.5, 0.6) is 0 Å². The second-order valence-corrected chi connectivity index (χ2v) is 10.1. The molecule has 3 aromatic rings. The van der Waals surface area contributed by atoms with Gasteiger partial charge in [0.15, 0.2) is 0 Å². The zero-order chi connectivity index (χ0) is 26.1. The molecule has 6 nitrogen and oxygen atoms in total. The number of nitrogens with two attached hydrogens (primary N) is 1. The molecule has 0 spiro atoms. The minimum atomic E-state index is 0.0416. The van der Waals surface area contributed by atoms with Crippen molar-refractivity contribution in [2.75, 3.05) is 13.1 Å². The number of amidine groups is 1. The molecule has 1 aromatic heterocycles. The van der Waals surface area contributed by atoms with Crippen LogP contribution in [0.2, 0.25) is 0 Å². The average Bonchev–Trinajstić information content (AvgIpc) is 3.31. The number of carbonyl (C=O) groups excluding carboxylic acids is 1. The molecule has 1 aliphatic heterocycles. The lowest BCUT2D eigenvalue weighted by Crippen LogP contribution is -2.34. The van der Waals surface area contributed by atoms with Crippen molar-refractivity contribution in [1.82, 2.24) is 9.47 Å². The summed E-state index contributed by atoms with van der Waals surface area (Å²) in [6.07, 6.45) is 7.20. The highest BCUT2D eigenvalue weighted by molar-refractivity contribution is 6.05. The van der Waals surface area contributed by atoms with Crippen molar-refractivity contribution in [1.29, 1.82) is 0 Å². The molecule has 0 saturated carbocycles. The normalized spacial score (nSPS) is 14.6. The van der Waals surface area contributed by atoms with Crippen LogP contribution in [0.25, 0.3) is 28.0 Å². The van der Waals surface area contributed by atoms with Gasteiger partial charge >= 0.3 is 0 Å². The fraction of sp³-hybridized carbons (Fsp3) is 0.387. The van der Waals surface area contributed by atoms with E-state index in [0.717, 1.165) is 78.3 Å². The summed E-state index contributed by atoms with van der Waals surface area (Å²) in [5.74, 6) is 0.486. The summed E-state index contributed by atoms with van der Waals surface area (Å²) in [4.78, 5) is 33.0. The number of hydrogen-bond donors (Lipinski definition) is 1. The minimum Gasteiger partial charge on any atom is -0.387 e. The van der Waals surface area contributed by atoms with Crippen molar-refractivity contribution in [3.8, 4) is 11.1 Å². The van der Waals surface area contributed by atoms with Gasteiger partial charge in [0.2, 0.25) is 5.91 Å². The topological polar surface area (TPSA) is 80.7 Å². The van der Waals surface area contributed by atoms with Crippen LogP contribution in [0.1, 0.15) is 63.3 Å². The Morgan fingerprint density at radius 2 is 1.73 bits per heavy atom. The summed E-state index contributed by atoms with van der Waals surface area (Å²) in [5.41, 5.74) is 13.3. The molecular weight excluding hydrogens is 460 g/mol. The zero-order valence-corrected chi connectivity index (χ0v) is 22.1. The number of fused-ring (bicyclic) bond motifs is 4. The fourth-order valence-electron chi connectivity index (χ4n) is 5.84. The summed E-state index contributed by atoms with van der Waals surface area (Å²) in [6.45, 7) is 8.40. The SMILES string of the molecule is CCCN(CCC)C(=O)C1=Cc2ccc(-c3ccc4c(=O)n(CC)c5c(c4c3)CCC5)cc2N=C(N)C1. The highest BCUT2D eigenvalue weighted by Crippen LogP contribution is 2.35. The lowest BCUT2D eigenvalue weighted by molar-refractivity contribution is -0.127. The van der Waals surface area contributed by atoms with Gasteiger partial charge in [0.05, 0.1) is 5.69 Å². The number of aryl methyl sites for hydroxylation is 1. The van der Waals surface area contributed by atoms with Gasteiger partial charge in [-0.25, -0.2) is 4.99 Å². The lowest BCUT2D eigenvalue weighted by Gasteiger charge is -2.22. The van der Waals surface area contributed by atoms with Gasteiger partial charge in [0.25, 0.3) is 5.56 Å². The van der Waals surface area contributed by atoms with E-state index in [0.29, 0.717) is 24.4 Å². The number of benzene rings is 2. The van der Waals surface area contributed by atoms with E-state index in [9.17, 15) is 9.59 Å². The third-order valence-corrected chi connectivity index (χ3v) is 7.53. The molecule has 37 heavy (non-hydrogen) atoms. The quantitative estimate of drug-likeness (QED) is 0.462. The molecule has 2 aliphatic rings. The molecule has 0 bridgehead atoms. The summed E-state index contributed by atoms with van der Waals surface area (Å²) >= 11 is 0. The fourth-order valence-corrected chi connectivity index (χ4v) is 5.84. The van der Waals surface area contributed by atoms with Crippen LogP contribution in [-0.4, -0.2) is 34.3 Å². The van der Waals surface area contributed by atoms with Crippen molar-refractivity contribution in [3.63, 3.8) is 0 Å². The Kier molecular flexibility index (Phi) is 7.00. The van der Waals surface area contributed by atoms with E-state index in [1.54, 1.807) is 0 Å². The number of nitrogens with zero attached hydrogens (tertiary/aromatic N) is 3. The average molecular weight is 497 g/mol. The maximum atomic E-state index is 13.3. The second-order valence-electron chi connectivity index (χ2n) is 10.1. The van der Waals surface area contributed by atoms with E-state index in [-0.39, 0.29) is 11.5 Å². The third kappa shape index (κ3) is 4.61. The van der Waals surface area contributed by atoms with Crippen molar-refractivity contribution in [2.45, 2.75) is 65.8 Å².